The molecule has 20 heavy (non-hydrogen) atoms. The van der Waals surface area contributed by atoms with Gasteiger partial charge in [0.25, 0.3) is 0 Å². The topological polar surface area (TPSA) is 43.4 Å². The van der Waals surface area contributed by atoms with Gasteiger partial charge in [-0.25, -0.2) is 4.79 Å². The molecule has 4 heteroatoms. The molecule has 0 amide bonds. The van der Waals surface area contributed by atoms with Gasteiger partial charge in [0, 0.05) is 0 Å². The number of ketones is 1. The Kier molecular flexibility index (Phi) is 4.48. The Morgan fingerprint density at radius 3 is 2.35 bits per heavy atom. The average Bonchev–Trinajstić information content (AvgIpc) is 2.95. The van der Waals surface area contributed by atoms with Gasteiger partial charge in [-0.15, -0.1) is 11.3 Å². The number of hydrogen-bond acceptors (Lipinski definition) is 4. The van der Waals surface area contributed by atoms with Gasteiger partial charge < -0.3 is 4.74 Å². The van der Waals surface area contributed by atoms with Gasteiger partial charge in [-0.05, 0) is 30.2 Å². The molecule has 0 aliphatic rings. The highest BCUT2D eigenvalue weighted by atomic mass is 32.1. The molecule has 0 fully saturated rings. The molecule has 0 spiro atoms. The first-order valence-corrected chi connectivity index (χ1v) is 6.91. The average molecular weight is 286 g/mol. The molecule has 1 aromatic heterocycles. The van der Waals surface area contributed by atoms with Gasteiger partial charge in [-0.2, -0.15) is 0 Å². The van der Waals surface area contributed by atoms with E-state index >= 15 is 0 Å². The lowest BCUT2D eigenvalue weighted by Crippen LogP contribution is -2.03. The van der Waals surface area contributed by atoms with Crippen molar-refractivity contribution in [2.24, 2.45) is 0 Å². The molecule has 0 unspecified atom stereocenters. The Hall–Kier alpha value is -2.20. The Bertz CT molecular complexity index is 638. The van der Waals surface area contributed by atoms with E-state index in [9.17, 15) is 9.59 Å². The number of esters is 1. The lowest BCUT2D eigenvalue weighted by atomic mass is 10.1. The van der Waals surface area contributed by atoms with Crippen molar-refractivity contribution in [1.82, 2.24) is 0 Å². The number of carbonyl (C=O) groups is 2. The monoisotopic (exact) mass is 286 g/mol. The van der Waals surface area contributed by atoms with E-state index in [2.05, 4.69) is 6.58 Å². The smallest absolute Gasteiger partial charge is 0.348 e. The molecule has 0 saturated carbocycles. The maximum Gasteiger partial charge on any atom is 0.348 e. The minimum atomic E-state index is -0.407. The van der Waals surface area contributed by atoms with Crippen LogP contribution in [0.3, 0.4) is 0 Å². The molecule has 0 bridgehead atoms. The SMILES string of the molecule is C=Cc1ccc(COC(=O)c2ccc(C(C)=O)s2)cc1. The van der Waals surface area contributed by atoms with Crippen molar-refractivity contribution in [1.29, 1.82) is 0 Å². The number of carbonyl (C=O) groups excluding carboxylic acids is 2. The Morgan fingerprint density at radius 1 is 1.15 bits per heavy atom. The van der Waals surface area contributed by atoms with E-state index in [4.69, 9.17) is 4.74 Å². The van der Waals surface area contributed by atoms with E-state index in [-0.39, 0.29) is 12.4 Å². The summed E-state index contributed by atoms with van der Waals surface area (Å²) < 4.78 is 5.22. The van der Waals surface area contributed by atoms with Crippen molar-refractivity contribution in [3.63, 3.8) is 0 Å². The van der Waals surface area contributed by atoms with Crippen molar-refractivity contribution in [3.8, 4) is 0 Å². The number of thiophene rings is 1. The fraction of sp³-hybridized carbons (Fsp3) is 0.125. The van der Waals surface area contributed by atoms with Gasteiger partial charge in [-0.1, -0.05) is 36.9 Å². The second-order valence-corrected chi connectivity index (χ2v) is 5.33. The molecular weight excluding hydrogens is 272 g/mol. The zero-order valence-corrected chi connectivity index (χ0v) is 11.9. The molecule has 0 aliphatic heterocycles. The summed E-state index contributed by atoms with van der Waals surface area (Å²) in [4.78, 5) is 24.0. The number of ether oxygens (including phenoxy) is 1. The van der Waals surface area contributed by atoms with Crippen LogP contribution in [0.1, 0.15) is 37.4 Å². The van der Waals surface area contributed by atoms with Gasteiger partial charge in [0.2, 0.25) is 0 Å². The summed E-state index contributed by atoms with van der Waals surface area (Å²) in [5.74, 6) is -0.454. The number of benzene rings is 1. The summed E-state index contributed by atoms with van der Waals surface area (Å²) in [5.41, 5.74) is 1.93. The van der Waals surface area contributed by atoms with Crippen LogP contribution < -0.4 is 0 Å². The standard InChI is InChI=1S/C16H14O3S/c1-3-12-4-6-13(7-5-12)10-19-16(18)15-9-8-14(20-15)11(2)17/h3-9H,1,10H2,2H3. The van der Waals surface area contributed by atoms with Crippen LogP contribution in [0.4, 0.5) is 0 Å². The molecule has 0 atom stereocenters. The second kappa shape index (κ2) is 6.30. The minimum absolute atomic E-state index is 0.0472. The van der Waals surface area contributed by atoms with Crippen LogP contribution >= 0.6 is 11.3 Å². The van der Waals surface area contributed by atoms with Crippen molar-refractivity contribution in [3.05, 3.63) is 63.9 Å². The third kappa shape index (κ3) is 3.42. The van der Waals surface area contributed by atoms with Crippen LogP contribution in [0.2, 0.25) is 0 Å². The third-order valence-electron chi connectivity index (χ3n) is 2.74. The third-order valence-corrected chi connectivity index (χ3v) is 3.91. The fourth-order valence-corrected chi connectivity index (χ4v) is 2.40. The van der Waals surface area contributed by atoms with E-state index < -0.39 is 5.97 Å². The summed E-state index contributed by atoms with van der Waals surface area (Å²) in [7, 11) is 0. The van der Waals surface area contributed by atoms with E-state index in [0.29, 0.717) is 9.75 Å². The van der Waals surface area contributed by atoms with Crippen molar-refractivity contribution < 1.29 is 14.3 Å². The Morgan fingerprint density at radius 2 is 1.80 bits per heavy atom. The van der Waals surface area contributed by atoms with Gasteiger partial charge in [-0.3, -0.25) is 4.79 Å². The molecule has 1 aromatic carbocycles. The predicted molar refractivity (Wildman–Crippen MR) is 80.0 cm³/mol. The van der Waals surface area contributed by atoms with Crippen LogP contribution in [-0.4, -0.2) is 11.8 Å². The summed E-state index contributed by atoms with van der Waals surface area (Å²) in [5, 5.41) is 0. The lowest BCUT2D eigenvalue weighted by Gasteiger charge is -2.03. The van der Waals surface area contributed by atoms with Gasteiger partial charge in [0.15, 0.2) is 5.78 Å². The van der Waals surface area contributed by atoms with E-state index in [1.807, 2.05) is 24.3 Å². The summed E-state index contributed by atoms with van der Waals surface area (Å²) in [6, 6.07) is 10.9. The van der Waals surface area contributed by atoms with Crippen LogP contribution in [0.15, 0.2) is 43.0 Å². The zero-order chi connectivity index (χ0) is 14.5. The van der Waals surface area contributed by atoms with Gasteiger partial charge in [0.05, 0.1) is 4.88 Å². The molecule has 3 nitrogen and oxygen atoms in total. The lowest BCUT2D eigenvalue weighted by molar-refractivity contribution is 0.0478. The number of rotatable bonds is 5. The molecule has 0 N–H and O–H groups in total. The molecule has 0 radical (unpaired) electrons. The van der Waals surface area contributed by atoms with Crippen LogP contribution in [0, 0.1) is 0 Å². The molecular formula is C16H14O3S. The molecule has 0 aliphatic carbocycles. The van der Waals surface area contributed by atoms with E-state index in [1.54, 1.807) is 18.2 Å². The van der Waals surface area contributed by atoms with E-state index in [1.165, 1.54) is 6.92 Å². The normalized spacial score (nSPS) is 10.1. The number of Topliss-reactive ketones (excluding diaryl/α,β-unsaturated/α-hetero) is 1. The predicted octanol–water partition coefficient (Wildman–Crippen LogP) is 3.95. The van der Waals surface area contributed by atoms with Crippen molar-refractivity contribution in [2.75, 3.05) is 0 Å². The van der Waals surface area contributed by atoms with E-state index in [0.717, 1.165) is 22.5 Å². The van der Waals surface area contributed by atoms with Gasteiger partial charge >= 0.3 is 5.97 Å². The first-order valence-electron chi connectivity index (χ1n) is 6.09. The first kappa shape index (κ1) is 14.2. The maximum absolute atomic E-state index is 11.8. The quantitative estimate of drug-likeness (QED) is 0.617. The summed E-state index contributed by atoms with van der Waals surface area (Å²) >= 11 is 1.15. The Balaban J connectivity index is 1.96. The largest absolute Gasteiger partial charge is 0.457 e. The Labute approximate surface area is 121 Å². The molecule has 2 rings (SSSR count). The van der Waals surface area contributed by atoms with Crippen molar-refractivity contribution >= 4 is 29.2 Å². The summed E-state index contributed by atoms with van der Waals surface area (Å²) in [6.45, 7) is 5.37. The molecule has 1 heterocycles. The summed E-state index contributed by atoms with van der Waals surface area (Å²) in [6.07, 6.45) is 1.75. The fourth-order valence-electron chi connectivity index (χ4n) is 1.61. The van der Waals surface area contributed by atoms with Crippen LogP contribution in [-0.2, 0) is 11.3 Å². The first-order chi connectivity index (χ1) is 9.60. The molecule has 2 aromatic rings. The van der Waals surface area contributed by atoms with Crippen molar-refractivity contribution in [2.45, 2.75) is 13.5 Å². The zero-order valence-electron chi connectivity index (χ0n) is 11.1. The highest BCUT2D eigenvalue weighted by molar-refractivity contribution is 7.15. The highest BCUT2D eigenvalue weighted by Gasteiger charge is 2.12. The molecule has 0 saturated heterocycles. The highest BCUT2D eigenvalue weighted by Crippen LogP contribution is 2.18. The maximum atomic E-state index is 11.8. The molecule has 102 valence electrons. The number of hydrogen-bond donors (Lipinski definition) is 0. The minimum Gasteiger partial charge on any atom is -0.457 e. The second-order valence-electron chi connectivity index (χ2n) is 4.24. The van der Waals surface area contributed by atoms with Gasteiger partial charge in [0.1, 0.15) is 11.5 Å². The van der Waals surface area contributed by atoms with Crippen LogP contribution in [0.25, 0.3) is 6.08 Å². The van der Waals surface area contributed by atoms with Crippen LogP contribution in [0.5, 0.6) is 0 Å².